The summed E-state index contributed by atoms with van der Waals surface area (Å²) < 4.78 is 9.21. The van der Waals surface area contributed by atoms with E-state index in [-0.39, 0.29) is 11.5 Å². The SMILES string of the molecule is Cn1cc(-c2ccc3c(N4CCN(C(=O)OC(C)(C)C)CCC4S)cnn3c2)cn1. The van der Waals surface area contributed by atoms with Gasteiger partial charge in [0.25, 0.3) is 0 Å². The van der Waals surface area contributed by atoms with Gasteiger partial charge in [-0.2, -0.15) is 22.8 Å². The molecule has 30 heavy (non-hydrogen) atoms. The summed E-state index contributed by atoms with van der Waals surface area (Å²) in [5.41, 5.74) is 3.62. The van der Waals surface area contributed by atoms with Crippen LogP contribution in [-0.2, 0) is 11.8 Å². The number of carbonyl (C=O) groups excluding carboxylic acids is 1. The van der Waals surface area contributed by atoms with E-state index in [0.717, 1.165) is 28.8 Å². The average molecular weight is 429 g/mol. The van der Waals surface area contributed by atoms with Crippen molar-refractivity contribution < 1.29 is 9.53 Å². The first kappa shape index (κ1) is 20.6. The quantitative estimate of drug-likeness (QED) is 0.634. The number of rotatable bonds is 2. The standard InChI is InChI=1S/C21H28N6O2S/c1-21(2,3)29-20(28)25-8-7-19(30)26(10-9-25)18-12-23-27-14-15(5-6-17(18)27)16-11-22-24(4)13-16/h5-6,11-14,19,30H,7-10H2,1-4H3. The van der Waals surface area contributed by atoms with Crippen molar-refractivity contribution in [2.75, 3.05) is 24.5 Å². The highest BCUT2D eigenvalue weighted by Gasteiger charge is 2.28. The van der Waals surface area contributed by atoms with Gasteiger partial charge in [0, 0.05) is 50.2 Å². The molecule has 4 heterocycles. The summed E-state index contributed by atoms with van der Waals surface area (Å²) >= 11 is 4.81. The molecule has 3 aromatic heterocycles. The van der Waals surface area contributed by atoms with Crippen molar-refractivity contribution in [3.05, 3.63) is 36.9 Å². The molecule has 3 aromatic rings. The second kappa shape index (κ2) is 7.86. The topological polar surface area (TPSA) is 67.9 Å². The molecule has 0 bridgehead atoms. The Bertz CT molecular complexity index is 1050. The smallest absolute Gasteiger partial charge is 0.410 e. The Morgan fingerprint density at radius 3 is 2.60 bits per heavy atom. The minimum absolute atomic E-state index is 0.0107. The molecule has 4 rings (SSSR count). The fraction of sp³-hybridized carbons (Fsp3) is 0.476. The van der Waals surface area contributed by atoms with Crippen molar-refractivity contribution >= 4 is 29.9 Å². The van der Waals surface area contributed by atoms with Crippen LogP contribution in [0.15, 0.2) is 36.9 Å². The Labute approximate surface area is 181 Å². The number of anilines is 1. The number of thiol groups is 1. The summed E-state index contributed by atoms with van der Waals surface area (Å²) in [5.74, 6) is 0. The lowest BCUT2D eigenvalue weighted by molar-refractivity contribution is 0.0263. The van der Waals surface area contributed by atoms with E-state index in [1.54, 1.807) is 9.58 Å². The molecule has 1 amide bonds. The molecule has 1 atom stereocenters. The first-order valence-electron chi connectivity index (χ1n) is 10.1. The van der Waals surface area contributed by atoms with E-state index in [1.165, 1.54) is 0 Å². The van der Waals surface area contributed by atoms with Crippen LogP contribution in [0.3, 0.4) is 0 Å². The van der Waals surface area contributed by atoms with Gasteiger partial charge >= 0.3 is 6.09 Å². The summed E-state index contributed by atoms with van der Waals surface area (Å²) in [4.78, 5) is 16.5. The molecule has 1 fully saturated rings. The maximum Gasteiger partial charge on any atom is 0.410 e. The van der Waals surface area contributed by atoms with Gasteiger partial charge in [-0.15, -0.1) is 0 Å². The molecule has 0 saturated carbocycles. The van der Waals surface area contributed by atoms with Crippen molar-refractivity contribution in [1.82, 2.24) is 24.3 Å². The van der Waals surface area contributed by atoms with Gasteiger partial charge in [0.05, 0.1) is 29.0 Å². The molecule has 1 unspecified atom stereocenters. The molecule has 9 heteroatoms. The van der Waals surface area contributed by atoms with Crippen LogP contribution in [0.2, 0.25) is 0 Å². The molecule has 1 saturated heterocycles. The summed E-state index contributed by atoms with van der Waals surface area (Å²) in [5, 5.41) is 8.79. The van der Waals surface area contributed by atoms with Gasteiger partial charge in [0.1, 0.15) is 5.60 Å². The van der Waals surface area contributed by atoms with Crippen molar-refractivity contribution in [3.8, 4) is 11.1 Å². The lowest BCUT2D eigenvalue weighted by Crippen LogP contribution is -2.39. The summed E-state index contributed by atoms with van der Waals surface area (Å²) in [7, 11) is 1.90. The van der Waals surface area contributed by atoms with Gasteiger partial charge in [0.15, 0.2) is 0 Å². The maximum absolute atomic E-state index is 12.5. The molecule has 0 N–H and O–H groups in total. The molecule has 0 spiro atoms. The van der Waals surface area contributed by atoms with Gasteiger partial charge in [-0.05, 0) is 33.3 Å². The number of aryl methyl sites for hydroxylation is 1. The van der Waals surface area contributed by atoms with Crippen LogP contribution in [0.5, 0.6) is 0 Å². The summed E-state index contributed by atoms with van der Waals surface area (Å²) in [6.07, 6.45) is 8.17. The number of hydrogen-bond donors (Lipinski definition) is 1. The van der Waals surface area contributed by atoms with Crippen LogP contribution in [-0.4, -0.2) is 61.0 Å². The Kier molecular flexibility index (Phi) is 5.40. The van der Waals surface area contributed by atoms with E-state index in [1.807, 2.05) is 57.1 Å². The molecular weight excluding hydrogens is 400 g/mol. The van der Waals surface area contributed by atoms with Crippen molar-refractivity contribution in [2.24, 2.45) is 7.05 Å². The maximum atomic E-state index is 12.5. The van der Waals surface area contributed by atoms with Gasteiger partial charge in [0.2, 0.25) is 0 Å². The third kappa shape index (κ3) is 4.26. The Balaban J connectivity index is 1.55. The minimum atomic E-state index is -0.502. The van der Waals surface area contributed by atoms with Crippen molar-refractivity contribution in [1.29, 1.82) is 0 Å². The van der Waals surface area contributed by atoms with E-state index >= 15 is 0 Å². The molecule has 1 aliphatic rings. The summed E-state index contributed by atoms with van der Waals surface area (Å²) in [6, 6.07) is 4.15. The largest absolute Gasteiger partial charge is 0.444 e. The zero-order valence-corrected chi connectivity index (χ0v) is 18.7. The number of carbonyl (C=O) groups is 1. The Morgan fingerprint density at radius 1 is 1.10 bits per heavy atom. The number of nitrogens with zero attached hydrogens (tertiary/aromatic N) is 6. The van der Waals surface area contributed by atoms with Crippen LogP contribution in [0.4, 0.5) is 10.5 Å². The van der Waals surface area contributed by atoms with Gasteiger partial charge in [-0.3, -0.25) is 4.68 Å². The number of amides is 1. The molecule has 8 nitrogen and oxygen atoms in total. The van der Waals surface area contributed by atoms with Gasteiger partial charge < -0.3 is 14.5 Å². The zero-order valence-electron chi connectivity index (χ0n) is 17.8. The van der Waals surface area contributed by atoms with E-state index in [0.29, 0.717) is 19.6 Å². The predicted octanol–water partition coefficient (Wildman–Crippen LogP) is 3.44. The fourth-order valence-corrected chi connectivity index (χ4v) is 3.99. The van der Waals surface area contributed by atoms with Crippen LogP contribution in [0.25, 0.3) is 16.6 Å². The average Bonchev–Trinajstić information content (AvgIpc) is 3.23. The van der Waals surface area contributed by atoms with E-state index < -0.39 is 5.60 Å². The monoisotopic (exact) mass is 428 g/mol. The third-order valence-electron chi connectivity index (χ3n) is 5.12. The van der Waals surface area contributed by atoms with Crippen LogP contribution in [0, 0.1) is 0 Å². The first-order chi connectivity index (χ1) is 14.2. The molecule has 0 aromatic carbocycles. The van der Waals surface area contributed by atoms with Crippen LogP contribution < -0.4 is 4.90 Å². The first-order valence-corrected chi connectivity index (χ1v) is 10.6. The predicted molar refractivity (Wildman–Crippen MR) is 120 cm³/mol. The van der Waals surface area contributed by atoms with Gasteiger partial charge in [-0.1, -0.05) is 6.07 Å². The fourth-order valence-electron chi connectivity index (χ4n) is 3.64. The summed E-state index contributed by atoms with van der Waals surface area (Å²) in [6.45, 7) is 7.51. The second-order valence-electron chi connectivity index (χ2n) is 8.61. The van der Waals surface area contributed by atoms with Crippen LogP contribution in [0.1, 0.15) is 27.2 Å². The highest BCUT2D eigenvalue weighted by atomic mass is 32.1. The Hall–Kier alpha value is -2.68. The molecular formula is C21H28N6O2S. The lowest BCUT2D eigenvalue weighted by Gasteiger charge is -2.27. The van der Waals surface area contributed by atoms with E-state index in [9.17, 15) is 4.79 Å². The zero-order chi connectivity index (χ0) is 21.5. The molecule has 160 valence electrons. The van der Waals surface area contributed by atoms with Gasteiger partial charge in [-0.25, -0.2) is 9.31 Å². The molecule has 1 aliphatic heterocycles. The number of fused-ring (bicyclic) bond motifs is 1. The van der Waals surface area contributed by atoms with E-state index in [2.05, 4.69) is 27.2 Å². The number of aromatic nitrogens is 4. The number of hydrogen-bond acceptors (Lipinski definition) is 6. The number of ether oxygens (including phenoxy) is 1. The lowest BCUT2D eigenvalue weighted by atomic mass is 10.1. The second-order valence-corrected chi connectivity index (χ2v) is 9.21. The number of pyridine rings is 1. The van der Waals surface area contributed by atoms with Crippen LogP contribution >= 0.6 is 12.6 Å². The van der Waals surface area contributed by atoms with E-state index in [4.69, 9.17) is 17.4 Å². The Morgan fingerprint density at radius 2 is 1.90 bits per heavy atom. The minimum Gasteiger partial charge on any atom is -0.444 e. The van der Waals surface area contributed by atoms with Crippen molar-refractivity contribution in [2.45, 2.75) is 38.2 Å². The third-order valence-corrected chi connectivity index (χ3v) is 5.66. The highest BCUT2D eigenvalue weighted by Crippen LogP contribution is 2.29. The molecule has 0 radical (unpaired) electrons. The normalized spacial score (nSPS) is 18.0. The highest BCUT2D eigenvalue weighted by molar-refractivity contribution is 7.81. The van der Waals surface area contributed by atoms with Crippen molar-refractivity contribution in [3.63, 3.8) is 0 Å². The molecule has 0 aliphatic carbocycles.